The maximum absolute atomic E-state index is 11.1. The fourth-order valence-corrected chi connectivity index (χ4v) is 1.61. The molecule has 1 amide bonds. The highest BCUT2D eigenvalue weighted by Gasteiger charge is 2.25. The van der Waals surface area contributed by atoms with Crippen LogP contribution in [0.2, 0.25) is 0 Å². The molecule has 0 bridgehead atoms. The molecule has 0 radical (unpaired) electrons. The Labute approximate surface area is 91.7 Å². The van der Waals surface area contributed by atoms with Crippen LogP contribution in [0.15, 0.2) is 29.8 Å². The van der Waals surface area contributed by atoms with Gasteiger partial charge in [0.25, 0.3) is 5.91 Å². The molecule has 0 aromatic heterocycles. The van der Waals surface area contributed by atoms with Crippen LogP contribution in [0.25, 0.3) is 5.70 Å². The van der Waals surface area contributed by atoms with Crippen molar-refractivity contribution in [3.05, 3.63) is 41.0 Å². The van der Waals surface area contributed by atoms with E-state index >= 15 is 0 Å². The van der Waals surface area contributed by atoms with Crippen LogP contribution < -0.4 is 11.1 Å². The van der Waals surface area contributed by atoms with Crippen LogP contribution in [0.4, 0.5) is 0 Å². The zero-order valence-electron chi connectivity index (χ0n) is 8.24. The molecule has 1 aromatic rings. The quantitative estimate of drug-likeness (QED) is 0.461. The van der Waals surface area contributed by atoms with Crippen LogP contribution in [0.1, 0.15) is 11.1 Å². The Bertz CT molecular complexity index is 566. The van der Waals surface area contributed by atoms with Crippen LogP contribution >= 0.6 is 0 Å². The number of primary amides is 1. The summed E-state index contributed by atoms with van der Waals surface area (Å²) in [4.78, 5) is 11.1. The fourth-order valence-electron chi connectivity index (χ4n) is 1.61. The lowest BCUT2D eigenvalue weighted by molar-refractivity contribution is -0.114. The summed E-state index contributed by atoms with van der Waals surface area (Å²) in [5, 5.41) is 19.2. The van der Waals surface area contributed by atoms with Gasteiger partial charge in [-0.05, 0) is 0 Å². The Balaban J connectivity index is 2.70. The predicted octanol–water partition coefficient (Wildman–Crippen LogP) is 0.335. The molecule has 16 heavy (non-hydrogen) atoms. The zero-order chi connectivity index (χ0) is 11.7. The third-order valence-electron chi connectivity index (χ3n) is 2.32. The van der Waals surface area contributed by atoms with Crippen molar-refractivity contribution in [2.24, 2.45) is 5.73 Å². The predicted molar refractivity (Wildman–Crippen MR) is 58.1 cm³/mol. The molecule has 1 aliphatic heterocycles. The van der Waals surface area contributed by atoms with Crippen LogP contribution in [0.5, 0.6) is 0 Å². The second kappa shape index (κ2) is 3.51. The van der Waals surface area contributed by atoms with Gasteiger partial charge in [-0.1, -0.05) is 24.3 Å². The largest absolute Gasteiger partial charge is 0.365 e. The van der Waals surface area contributed by atoms with E-state index in [1.807, 2.05) is 0 Å². The normalized spacial score (nSPS) is 16.1. The highest BCUT2D eigenvalue weighted by atomic mass is 16.1. The van der Waals surface area contributed by atoms with Crippen molar-refractivity contribution in [2.75, 3.05) is 0 Å². The van der Waals surface area contributed by atoms with Gasteiger partial charge in [-0.2, -0.15) is 5.26 Å². The molecule has 0 spiro atoms. The number of nitrogens with two attached hydrogens (primary N) is 1. The summed E-state index contributed by atoms with van der Waals surface area (Å²) in [5.74, 6) is -0.630. The number of nitriles is 1. The Morgan fingerprint density at radius 2 is 2.00 bits per heavy atom. The number of nitrogens with one attached hydrogen (secondary N) is 2. The number of hydrogen-bond donors (Lipinski definition) is 3. The molecule has 0 aliphatic carbocycles. The second-order valence-corrected chi connectivity index (χ2v) is 3.27. The Kier molecular flexibility index (Phi) is 2.18. The second-order valence-electron chi connectivity index (χ2n) is 3.27. The number of carbonyl (C=O) groups excluding carboxylic acids is 1. The minimum absolute atomic E-state index is 0.158. The molecule has 0 atom stereocenters. The molecular formula is C11H8N4O. The van der Waals surface area contributed by atoms with Crippen molar-refractivity contribution in [1.29, 1.82) is 10.7 Å². The van der Waals surface area contributed by atoms with E-state index in [4.69, 9.17) is 16.4 Å². The average molecular weight is 212 g/mol. The molecule has 0 fully saturated rings. The minimum Gasteiger partial charge on any atom is -0.365 e. The van der Waals surface area contributed by atoms with Gasteiger partial charge in [-0.15, -0.1) is 0 Å². The summed E-state index contributed by atoms with van der Waals surface area (Å²) in [6.45, 7) is 0. The first-order chi connectivity index (χ1) is 7.65. The van der Waals surface area contributed by atoms with Crippen molar-refractivity contribution in [3.63, 3.8) is 0 Å². The van der Waals surface area contributed by atoms with Crippen LogP contribution in [-0.2, 0) is 4.79 Å². The number of carbonyl (C=O) groups is 1. The standard InChI is InChI=1S/C11H8N4O/c12-5-8(11(14)16)9-6-3-1-2-4-7(6)10(13)15-9/h1-4H,(H2,13,15)(H2,14,16)/b9-8-. The van der Waals surface area contributed by atoms with Gasteiger partial charge < -0.3 is 11.1 Å². The topological polar surface area (TPSA) is 103 Å². The lowest BCUT2D eigenvalue weighted by Crippen LogP contribution is -2.20. The van der Waals surface area contributed by atoms with Crippen LogP contribution in [0, 0.1) is 16.7 Å². The van der Waals surface area contributed by atoms with Gasteiger partial charge in [0, 0.05) is 11.1 Å². The molecule has 1 aromatic carbocycles. The Hall–Kier alpha value is -2.61. The molecule has 78 valence electrons. The van der Waals surface area contributed by atoms with Gasteiger partial charge in [0.05, 0.1) is 5.70 Å². The van der Waals surface area contributed by atoms with Gasteiger partial charge in [0.15, 0.2) is 0 Å². The highest BCUT2D eigenvalue weighted by molar-refractivity contribution is 6.16. The fraction of sp³-hybridized carbons (Fsp3) is 0. The van der Waals surface area contributed by atoms with E-state index in [9.17, 15) is 4.79 Å². The molecular weight excluding hydrogens is 204 g/mol. The lowest BCUT2D eigenvalue weighted by Gasteiger charge is -2.01. The number of rotatable bonds is 1. The lowest BCUT2D eigenvalue weighted by atomic mass is 10.0. The monoisotopic (exact) mass is 212 g/mol. The molecule has 4 N–H and O–H groups in total. The third kappa shape index (κ3) is 1.33. The first-order valence-corrected chi connectivity index (χ1v) is 4.54. The van der Waals surface area contributed by atoms with E-state index in [1.165, 1.54) is 0 Å². The Morgan fingerprint density at radius 3 is 2.56 bits per heavy atom. The van der Waals surface area contributed by atoms with E-state index < -0.39 is 5.91 Å². The summed E-state index contributed by atoms with van der Waals surface area (Å²) >= 11 is 0. The molecule has 1 aliphatic rings. The van der Waals surface area contributed by atoms with Crippen molar-refractivity contribution in [3.8, 4) is 6.07 Å². The maximum Gasteiger partial charge on any atom is 0.261 e. The molecule has 0 unspecified atom stereocenters. The zero-order valence-corrected chi connectivity index (χ0v) is 8.24. The molecule has 0 saturated carbocycles. The van der Waals surface area contributed by atoms with Gasteiger partial charge in [0.1, 0.15) is 17.5 Å². The van der Waals surface area contributed by atoms with Gasteiger partial charge in [-0.25, -0.2) is 0 Å². The smallest absolute Gasteiger partial charge is 0.261 e. The number of hydrogen-bond acceptors (Lipinski definition) is 3. The average Bonchev–Trinajstić information content (AvgIpc) is 2.58. The van der Waals surface area contributed by atoms with Crippen molar-refractivity contribution in [1.82, 2.24) is 5.32 Å². The molecule has 5 heteroatoms. The van der Waals surface area contributed by atoms with E-state index in [2.05, 4.69) is 5.32 Å². The number of nitrogens with zero attached hydrogens (tertiary/aromatic N) is 1. The first kappa shape index (κ1) is 9.93. The SMILES string of the molecule is N#C/C(C(N)=O)=C1/NC(=N)c2ccccc21. The summed E-state index contributed by atoms with van der Waals surface area (Å²) in [5.41, 5.74) is 6.57. The minimum atomic E-state index is -0.797. The highest BCUT2D eigenvalue weighted by Crippen LogP contribution is 2.26. The summed E-state index contributed by atoms with van der Waals surface area (Å²) in [6, 6.07) is 8.79. The Morgan fingerprint density at radius 1 is 1.38 bits per heavy atom. The van der Waals surface area contributed by atoms with E-state index in [-0.39, 0.29) is 11.4 Å². The van der Waals surface area contributed by atoms with Gasteiger partial charge >= 0.3 is 0 Å². The summed E-state index contributed by atoms with van der Waals surface area (Å²) < 4.78 is 0. The number of fused-ring (bicyclic) bond motifs is 1. The van der Waals surface area contributed by atoms with Crippen molar-refractivity contribution < 1.29 is 4.79 Å². The maximum atomic E-state index is 11.1. The van der Waals surface area contributed by atoms with Gasteiger partial charge in [-0.3, -0.25) is 10.2 Å². The first-order valence-electron chi connectivity index (χ1n) is 4.54. The third-order valence-corrected chi connectivity index (χ3v) is 2.32. The summed E-state index contributed by atoms with van der Waals surface area (Å²) in [6.07, 6.45) is 0. The molecule has 1 heterocycles. The van der Waals surface area contributed by atoms with E-state index in [0.717, 1.165) is 0 Å². The number of amidine groups is 1. The molecule has 5 nitrogen and oxygen atoms in total. The van der Waals surface area contributed by atoms with E-state index in [1.54, 1.807) is 30.3 Å². The van der Waals surface area contributed by atoms with Crippen LogP contribution in [0.3, 0.4) is 0 Å². The van der Waals surface area contributed by atoms with Gasteiger partial charge in [0.2, 0.25) is 0 Å². The van der Waals surface area contributed by atoms with Crippen LogP contribution in [-0.4, -0.2) is 11.7 Å². The molecule has 2 rings (SSSR count). The number of benzene rings is 1. The van der Waals surface area contributed by atoms with Crippen molar-refractivity contribution >= 4 is 17.4 Å². The number of amides is 1. The molecule has 0 saturated heterocycles. The van der Waals surface area contributed by atoms with E-state index in [0.29, 0.717) is 16.8 Å². The summed E-state index contributed by atoms with van der Waals surface area (Å²) in [7, 11) is 0. The van der Waals surface area contributed by atoms with Crippen molar-refractivity contribution in [2.45, 2.75) is 0 Å².